The minimum absolute atomic E-state index is 0.966. The lowest BCUT2D eigenvalue weighted by Gasteiger charge is -2.17. The Morgan fingerprint density at radius 3 is 3.15 bits per heavy atom. The van der Waals surface area contributed by atoms with E-state index in [2.05, 4.69) is 15.6 Å². The van der Waals surface area contributed by atoms with E-state index in [4.69, 9.17) is 0 Å². The first-order valence-electron chi connectivity index (χ1n) is 5.16. The third kappa shape index (κ3) is 1.05. The maximum absolute atomic E-state index is 4.32. The van der Waals surface area contributed by atoms with Gasteiger partial charge in [0.25, 0.3) is 0 Å². The molecule has 2 heteroatoms. The zero-order valence-corrected chi connectivity index (χ0v) is 7.79. The average Bonchev–Trinajstić information content (AvgIpc) is 2.56. The van der Waals surface area contributed by atoms with Gasteiger partial charge in [-0.2, -0.15) is 0 Å². The quantitative estimate of drug-likeness (QED) is 0.570. The van der Waals surface area contributed by atoms with Crippen LogP contribution in [0, 0.1) is 0 Å². The highest BCUT2D eigenvalue weighted by Crippen LogP contribution is 2.25. The van der Waals surface area contributed by atoms with Crippen molar-refractivity contribution in [2.24, 2.45) is 4.99 Å². The van der Waals surface area contributed by atoms with E-state index < -0.39 is 0 Å². The van der Waals surface area contributed by atoms with Gasteiger partial charge in [0, 0.05) is 18.5 Å². The largest absolute Gasteiger partial charge is 0.342 e. The van der Waals surface area contributed by atoms with E-state index in [0.717, 1.165) is 13.1 Å². The minimum Gasteiger partial charge on any atom is -0.342 e. The fourth-order valence-electron chi connectivity index (χ4n) is 2.48. The Bertz CT molecular complexity index is 360. The summed E-state index contributed by atoms with van der Waals surface area (Å²) in [6.07, 6.45) is 7.33. The second-order valence-corrected chi connectivity index (χ2v) is 3.94. The van der Waals surface area contributed by atoms with Crippen molar-refractivity contribution >= 4 is 6.21 Å². The molecule has 0 amide bonds. The highest BCUT2D eigenvalue weighted by Gasteiger charge is 2.17. The Hall–Kier alpha value is -1.05. The molecule has 0 aromatic carbocycles. The van der Waals surface area contributed by atoms with Crippen molar-refractivity contribution in [2.75, 3.05) is 6.54 Å². The van der Waals surface area contributed by atoms with Crippen molar-refractivity contribution in [3.8, 4) is 0 Å². The van der Waals surface area contributed by atoms with Crippen LogP contribution in [0.25, 0.3) is 0 Å². The highest BCUT2D eigenvalue weighted by atomic mass is 15.0. The Morgan fingerprint density at radius 2 is 2.15 bits per heavy atom. The molecule has 0 saturated heterocycles. The second kappa shape index (κ2) is 2.72. The van der Waals surface area contributed by atoms with Crippen molar-refractivity contribution < 1.29 is 0 Å². The molecule has 3 rings (SSSR count). The molecule has 0 bridgehead atoms. The third-order valence-electron chi connectivity index (χ3n) is 3.12. The molecule has 1 aliphatic heterocycles. The summed E-state index contributed by atoms with van der Waals surface area (Å²) in [5, 5.41) is 0. The van der Waals surface area contributed by atoms with E-state index in [1.807, 2.05) is 6.21 Å². The van der Waals surface area contributed by atoms with Gasteiger partial charge in [0.15, 0.2) is 0 Å². The van der Waals surface area contributed by atoms with Crippen LogP contribution in [-0.4, -0.2) is 17.3 Å². The smallest absolute Gasteiger partial charge is 0.0593 e. The van der Waals surface area contributed by atoms with E-state index in [9.17, 15) is 0 Å². The van der Waals surface area contributed by atoms with Gasteiger partial charge in [0.2, 0.25) is 0 Å². The van der Waals surface area contributed by atoms with Crippen molar-refractivity contribution in [1.82, 2.24) is 4.57 Å². The third-order valence-corrected chi connectivity index (χ3v) is 3.12. The van der Waals surface area contributed by atoms with Gasteiger partial charge in [-0.15, -0.1) is 0 Å². The number of nitrogens with zero attached hydrogens (tertiary/aromatic N) is 2. The van der Waals surface area contributed by atoms with Gasteiger partial charge in [-0.3, -0.25) is 4.99 Å². The van der Waals surface area contributed by atoms with Crippen molar-refractivity contribution in [1.29, 1.82) is 0 Å². The van der Waals surface area contributed by atoms with Crippen LogP contribution in [0.5, 0.6) is 0 Å². The molecule has 2 nitrogen and oxygen atoms in total. The molecule has 2 heterocycles. The minimum atomic E-state index is 0.966. The van der Waals surface area contributed by atoms with Gasteiger partial charge < -0.3 is 4.57 Å². The number of fused-ring (bicyclic) bond motifs is 3. The maximum Gasteiger partial charge on any atom is 0.0593 e. The number of aryl methyl sites for hydroxylation is 1. The summed E-state index contributed by atoms with van der Waals surface area (Å²) >= 11 is 0. The van der Waals surface area contributed by atoms with Crippen LogP contribution >= 0.6 is 0 Å². The second-order valence-electron chi connectivity index (χ2n) is 3.94. The number of rotatable bonds is 0. The molecular formula is C11H14N2. The van der Waals surface area contributed by atoms with Crippen LogP contribution in [0.1, 0.15) is 29.8 Å². The molecule has 0 saturated carbocycles. The first-order valence-corrected chi connectivity index (χ1v) is 5.16. The number of hydrogen-bond acceptors (Lipinski definition) is 1. The van der Waals surface area contributed by atoms with Crippen LogP contribution in [0.15, 0.2) is 11.1 Å². The molecule has 1 aromatic rings. The predicted molar refractivity (Wildman–Crippen MR) is 53.5 cm³/mol. The Labute approximate surface area is 78.3 Å². The molecule has 0 unspecified atom stereocenters. The van der Waals surface area contributed by atoms with Crippen LogP contribution < -0.4 is 0 Å². The SMILES string of the molecule is C1=NCCn2c1cc1c2CCCC1. The molecule has 0 spiro atoms. The summed E-state index contributed by atoms with van der Waals surface area (Å²) in [5.74, 6) is 0. The molecular weight excluding hydrogens is 160 g/mol. The summed E-state index contributed by atoms with van der Waals surface area (Å²) in [7, 11) is 0. The normalized spacial score (nSPS) is 19.7. The summed E-state index contributed by atoms with van der Waals surface area (Å²) in [4.78, 5) is 4.32. The predicted octanol–water partition coefficient (Wildman–Crippen LogP) is 1.80. The van der Waals surface area contributed by atoms with Gasteiger partial charge in [0.05, 0.1) is 12.2 Å². The van der Waals surface area contributed by atoms with Gasteiger partial charge >= 0.3 is 0 Å². The maximum atomic E-state index is 4.32. The number of hydrogen-bond donors (Lipinski definition) is 0. The highest BCUT2D eigenvalue weighted by molar-refractivity contribution is 5.79. The molecule has 0 N–H and O–H groups in total. The van der Waals surface area contributed by atoms with E-state index in [1.165, 1.54) is 31.4 Å². The Kier molecular flexibility index (Phi) is 1.54. The van der Waals surface area contributed by atoms with Gasteiger partial charge in [0.1, 0.15) is 0 Å². The Morgan fingerprint density at radius 1 is 1.23 bits per heavy atom. The zero-order valence-electron chi connectivity index (χ0n) is 7.79. The number of aromatic nitrogens is 1. The molecule has 2 aliphatic rings. The van der Waals surface area contributed by atoms with Crippen molar-refractivity contribution in [3.05, 3.63) is 23.0 Å². The fourth-order valence-corrected chi connectivity index (χ4v) is 2.48. The standard InChI is InChI=1S/C11H14N2/c1-2-4-11-9(3-1)7-10-8-12-5-6-13(10)11/h7-8H,1-6H2. The van der Waals surface area contributed by atoms with Gasteiger partial charge in [-0.05, 0) is 37.3 Å². The summed E-state index contributed by atoms with van der Waals surface area (Å²) in [6, 6.07) is 2.33. The summed E-state index contributed by atoms with van der Waals surface area (Å²) in [6.45, 7) is 2.06. The van der Waals surface area contributed by atoms with Crippen molar-refractivity contribution in [2.45, 2.75) is 32.2 Å². The lowest BCUT2D eigenvalue weighted by molar-refractivity contribution is 0.602. The lowest BCUT2D eigenvalue weighted by Crippen LogP contribution is -2.14. The number of aliphatic imine (C=N–C) groups is 1. The van der Waals surface area contributed by atoms with E-state index in [0.29, 0.717) is 0 Å². The van der Waals surface area contributed by atoms with Gasteiger partial charge in [-0.25, -0.2) is 0 Å². The molecule has 1 aromatic heterocycles. The van der Waals surface area contributed by atoms with E-state index in [-0.39, 0.29) is 0 Å². The molecule has 68 valence electrons. The van der Waals surface area contributed by atoms with E-state index >= 15 is 0 Å². The monoisotopic (exact) mass is 174 g/mol. The lowest BCUT2D eigenvalue weighted by atomic mass is 9.98. The first kappa shape index (κ1) is 7.36. The van der Waals surface area contributed by atoms with Crippen LogP contribution in [0.2, 0.25) is 0 Å². The van der Waals surface area contributed by atoms with Gasteiger partial charge in [-0.1, -0.05) is 0 Å². The fraction of sp³-hybridized carbons (Fsp3) is 0.545. The topological polar surface area (TPSA) is 17.3 Å². The van der Waals surface area contributed by atoms with Crippen LogP contribution in [-0.2, 0) is 19.4 Å². The summed E-state index contributed by atoms with van der Waals surface area (Å²) in [5.41, 5.74) is 4.50. The first-order chi connectivity index (χ1) is 6.45. The van der Waals surface area contributed by atoms with Crippen LogP contribution in [0.3, 0.4) is 0 Å². The molecule has 13 heavy (non-hydrogen) atoms. The molecule has 0 atom stereocenters. The Balaban J connectivity index is 2.15. The molecule has 0 radical (unpaired) electrons. The summed E-state index contributed by atoms with van der Waals surface area (Å²) < 4.78 is 2.46. The molecule has 1 aliphatic carbocycles. The molecule has 0 fully saturated rings. The van der Waals surface area contributed by atoms with E-state index in [1.54, 1.807) is 11.3 Å². The zero-order chi connectivity index (χ0) is 8.67. The van der Waals surface area contributed by atoms with Crippen LogP contribution in [0.4, 0.5) is 0 Å². The average molecular weight is 174 g/mol. The van der Waals surface area contributed by atoms with Crippen molar-refractivity contribution in [3.63, 3.8) is 0 Å².